The van der Waals surface area contributed by atoms with E-state index in [1.165, 1.54) is 51.5 Å². The molecule has 0 unspecified atom stereocenters. The van der Waals surface area contributed by atoms with Gasteiger partial charge in [0.15, 0.2) is 5.82 Å². The second-order valence-electron chi connectivity index (χ2n) is 16.1. The van der Waals surface area contributed by atoms with Gasteiger partial charge < -0.3 is 9.13 Å². The van der Waals surface area contributed by atoms with E-state index in [0.717, 1.165) is 66.7 Å². The molecule has 3 heterocycles. The van der Waals surface area contributed by atoms with Crippen LogP contribution < -0.4 is 0 Å². The Balaban J connectivity index is 0.965. The molecule has 0 aliphatic rings. The summed E-state index contributed by atoms with van der Waals surface area (Å²) in [4.78, 5) is 9.85. The highest BCUT2D eigenvalue weighted by atomic mass is 19.1. The van der Waals surface area contributed by atoms with Gasteiger partial charge in [-0.05, 0) is 144 Å². The van der Waals surface area contributed by atoms with Crippen LogP contribution in [0.15, 0.2) is 218 Å². The number of hydrogen-bond donors (Lipinski definition) is 0. The van der Waals surface area contributed by atoms with Gasteiger partial charge in [-0.2, -0.15) is 0 Å². The highest BCUT2D eigenvalue weighted by molar-refractivity contribution is 6.13. The molecular formula is C58H36F2N4. The molecule has 0 radical (unpaired) electrons. The molecule has 0 amide bonds. The van der Waals surface area contributed by atoms with Crippen molar-refractivity contribution >= 4 is 43.6 Å². The lowest BCUT2D eigenvalue weighted by molar-refractivity contribution is 0.627. The minimum atomic E-state index is -0.322. The molecule has 12 rings (SSSR count). The van der Waals surface area contributed by atoms with Gasteiger partial charge in [-0.3, -0.25) is 0 Å². The summed E-state index contributed by atoms with van der Waals surface area (Å²) in [6.07, 6.45) is 0. The van der Waals surface area contributed by atoms with Crippen molar-refractivity contribution in [2.75, 3.05) is 0 Å². The fourth-order valence-electron chi connectivity index (χ4n) is 9.17. The highest BCUT2D eigenvalue weighted by Crippen LogP contribution is 2.40. The Morgan fingerprint density at radius 1 is 0.281 bits per heavy atom. The van der Waals surface area contributed by atoms with Gasteiger partial charge in [0.1, 0.15) is 11.6 Å². The maximum atomic E-state index is 13.9. The fraction of sp³-hybridized carbons (Fsp3) is 0. The van der Waals surface area contributed by atoms with Crippen LogP contribution in [0.5, 0.6) is 0 Å². The van der Waals surface area contributed by atoms with Crippen LogP contribution in [-0.4, -0.2) is 19.1 Å². The number of benzene rings is 9. The second-order valence-corrected chi connectivity index (χ2v) is 16.1. The van der Waals surface area contributed by atoms with Gasteiger partial charge in [-0.1, -0.05) is 97.1 Å². The first-order valence-corrected chi connectivity index (χ1v) is 21.3. The normalized spacial score (nSPS) is 11.6. The van der Waals surface area contributed by atoms with E-state index in [1.54, 1.807) is 24.3 Å². The summed E-state index contributed by atoms with van der Waals surface area (Å²) in [7, 11) is 0. The van der Waals surface area contributed by atoms with E-state index in [0.29, 0.717) is 17.2 Å². The lowest BCUT2D eigenvalue weighted by Crippen LogP contribution is -1.96. The molecule has 0 N–H and O–H groups in total. The number of para-hydroxylation sites is 3. The Morgan fingerprint density at radius 2 is 0.641 bits per heavy atom. The Kier molecular flexibility index (Phi) is 8.83. The van der Waals surface area contributed by atoms with Crippen LogP contribution in [0.25, 0.3) is 111 Å². The molecule has 0 saturated heterocycles. The first-order valence-electron chi connectivity index (χ1n) is 21.3. The quantitative estimate of drug-likeness (QED) is 0.160. The number of nitrogens with zero attached hydrogens (tertiary/aromatic N) is 4. The SMILES string of the molecule is Fc1ccc(-c2cc(-c3ccc(F)cc3)nc(-c3ccc(-c4ccc5c(c4)c4cc(-c6ccc7c(c6)c6ccccc6n7-c6ccccc6)ccc4n5-c4ccccc4)cc3)n2)cc1. The second kappa shape index (κ2) is 15.2. The van der Waals surface area contributed by atoms with Gasteiger partial charge in [-0.15, -0.1) is 0 Å². The van der Waals surface area contributed by atoms with Crippen LogP contribution in [-0.2, 0) is 0 Å². The van der Waals surface area contributed by atoms with Crippen LogP contribution in [0, 0.1) is 11.6 Å². The summed E-state index contributed by atoms with van der Waals surface area (Å²) in [5.41, 5.74) is 14.9. The third-order valence-electron chi connectivity index (χ3n) is 12.3. The number of aromatic nitrogens is 4. The highest BCUT2D eigenvalue weighted by Gasteiger charge is 2.18. The largest absolute Gasteiger partial charge is 0.309 e. The lowest BCUT2D eigenvalue weighted by atomic mass is 9.98. The average Bonchev–Trinajstić information content (AvgIpc) is 3.86. The molecule has 12 aromatic rings. The zero-order chi connectivity index (χ0) is 42.7. The molecule has 3 aromatic heterocycles. The van der Waals surface area contributed by atoms with E-state index in [-0.39, 0.29) is 11.6 Å². The molecule has 0 bridgehead atoms. The lowest BCUT2D eigenvalue weighted by Gasteiger charge is -2.10. The van der Waals surface area contributed by atoms with Gasteiger partial charge in [0.05, 0.1) is 33.5 Å². The summed E-state index contributed by atoms with van der Waals surface area (Å²) in [6, 6.07) is 72.7. The smallest absolute Gasteiger partial charge is 0.160 e. The Hall–Kier alpha value is -8.48. The van der Waals surface area contributed by atoms with E-state index in [1.807, 2.05) is 18.2 Å². The minimum Gasteiger partial charge on any atom is -0.309 e. The summed E-state index contributed by atoms with van der Waals surface area (Å²) >= 11 is 0. The van der Waals surface area contributed by atoms with Crippen molar-refractivity contribution in [2.24, 2.45) is 0 Å². The van der Waals surface area contributed by atoms with Gasteiger partial charge in [0, 0.05) is 49.6 Å². The Bertz CT molecular complexity index is 3640. The number of fused-ring (bicyclic) bond motifs is 6. The van der Waals surface area contributed by atoms with Crippen LogP contribution >= 0.6 is 0 Å². The van der Waals surface area contributed by atoms with Crippen LogP contribution in [0.1, 0.15) is 0 Å². The standard InChI is InChI=1S/C58H36F2N4/c59-44-26-19-38(20-27-44)52-36-53(39-21-28-45(60)29-22-39)62-58(61-52)40-17-15-37(16-18-40)41-23-30-56-50(33-41)51-35-43(25-32-57(51)64(56)47-11-5-2-6-12-47)42-24-31-55-49(34-42)48-13-7-8-14-54(48)63(55)46-9-3-1-4-10-46/h1-36H. The van der Waals surface area contributed by atoms with Crippen molar-refractivity contribution in [1.29, 1.82) is 0 Å². The van der Waals surface area contributed by atoms with Gasteiger partial charge in [0.25, 0.3) is 0 Å². The van der Waals surface area contributed by atoms with E-state index >= 15 is 0 Å². The van der Waals surface area contributed by atoms with E-state index in [4.69, 9.17) is 9.97 Å². The molecule has 0 atom stereocenters. The van der Waals surface area contributed by atoms with Crippen molar-refractivity contribution in [3.63, 3.8) is 0 Å². The number of rotatable bonds is 7. The van der Waals surface area contributed by atoms with Crippen LogP contribution in [0.2, 0.25) is 0 Å². The number of halogens is 2. The van der Waals surface area contributed by atoms with Crippen LogP contribution in [0.4, 0.5) is 8.78 Å². The third-order valence-corrected chi connectivity index (χ3v) is 12.3. The predicted molar refractivity (Wildman–Crippen MR) is 258 cm³/mol. The van der Waals surface area contributed by atoms with Gasteiger partial charge in [-0.25, -0.2) is 18.7 Å². The monoisotopic (exact) mass is 826 g/mol. The molecule has 4 nitrogen and oxygen atoms in total. The molecule has 0 saturated carbocycles. The Morgan fingerprint density at radius 3 is 1.12 bits per heavy atom. The zero-order valence-electron chi connectivity index (χ0n) is 34.3. The van der Waals surface area contributed by atoms with E-state index in [9.17, 15) is 8.78 Å². The van der Waals surface area contributed by atoms with Crippen LogP contribution in [0.3, 0.4) is 0 Å². The Labute approximate surface area is 367 Å². The molecule has 0 spiro atoms. The topological polar surface area (TPSA) is 35.6 Å². The minimum absolute atomic E-state index is 0.322. The van der Waals surface area contributed by atoms with Crippen molar-refractivity contribution in [2.45, 2.75) is 0 Å². The molecule has 6 heteroatoms. The van der Waals surface area contributed by atoms with Gasteiger partial charge in [0.2, 0.25) is 0 Å². The van der Waals surface area contributed by atoms with E-state index < -0.39 is 0 Å². The fourth-order valence-corrected chi connectivity index (χ4v) is 9.17. The first kappa shape index (κ1) is 37.3. The number of hydrogen-bond acceptors (Lipinski definition) is 2. The third kappa shape index (κ3) is 6.43. The van der Waals surface area contributed by atoms with Gasteiger partial charge >= 0.3 is 0 Å². The summed E-state index contributed by atoms with van der Waals surface area (Å²) in [5.74, 6) is -0.126. The maximum absolute atomic E-state index is 13.9. The molecule has 0 aliphatic carbocycles. The van der Waals surface area contributed by atoms with Crippen molar-refractivity contribution < 1.29 is 8.78 Å². The summed E-state index contributed by atoms with van der Waals surface area (Å²) in [6.45, 7) is 0. The van der Waals surface area contributed by atoms with Crippen molar-refractivity contribution in [3.05, 3.63) is 230 Å². The van der Waals surface area contributed by atoms with Crippen molar-refractivity contribution in [3.8, 4) is 67.5 Å². The first-order chi connectivity index (χ1) is 31.5. The molecular weight excluding hydrogens is 791 g/mol. The summed E-state index contributed by atoms with van der Waals surface area (Å²) in [5, 5.41) is 4.76. The van der Waals surface area contributed by atoms with E-state index in [2.05, 4.69) is 161 Å². The average molecular weight is 827 g/mol. The maximum Gasteiger partial charge on any atom is 0.160 e. The molecule has 64 heavy (non-hydrogen) atoms. The summed E-state index contributed by atoms with van der Waals surface area (Å²) < 4.78 is 32.5. The molecule has 9 aromatic carbocycles. The molecule has 0 fully saturated rings. The predicted octanol–water partition coefficient (Wildman–Crippen LogP) is 15.3. The molecule has 302 valence electrons. The van der Waals surface area contributed by atoms with Crippen molar-refractivity contribution in [1.82, 2.24) is 19.1 Å². The zero-order valence-corrected chi connectivity index (χ0v) is 34.3. The molecule has 0 aliphatic heterocycles.